The van der Waals surface area contributed by atoms with Crippen molar-refractivity contribution in [3.8, 4) is 0 Å². The van der Waals surface area contributed by atoms with E-state index in [0.29, 0.717) is 39.1 Å². The molecule has 0 radical (unpaired) electrons. The zero-order valence-corrected chi connectivity index (χ0v) is 10.1. The van der Waals surface area contributed by atoms with Crippen molar-refractivity contribution in [3.63, 3.8) is 0 Å². The molecule has 1 unspecified atom stereocenters. The summed E-state index contributed by atoms with van der Waals surface area (Å²) >= 11 is 0. The molecule has 2 rings (SSSR count). The van der Waals surface area contributed by atoms with E-state index in [9.17, 15) is 14.4 Å². The first-order valence-electron chi connectivity index (χ1n) is 6.09. The molecule has 2 saturated heterocycles. The Hall–Kier alpha value is -1.47. The maximum Gasteiger partial charge on any atom is 0.243 e. The number of carbonyl (C=O) groups is 3. The van der Waals surface area contributed by atoms with E-state index in [1.165, 1.54) is 0 Å². The number of rotatable bonds is 3. The monoisotopic (exact) mass is 255 g/mol. The lowest BCUT2D eigenvalue weighted by Gasteiger charge is -2.28. The Kier molecular flexibility index (Phi) is 4.27. The van der Waals surface area contributed by atoms with Gasteiger partial charge in [-0.1, -0.05) is 0 Å². The molecule has 0 saturated carbocycles. The highest BCUT2D eigenvalue weighted by molar-refractivity contribution is 6.00. The molecule has 7 nitrogen and oxygen atoms in total. The summed E-state index contributed by atoms with van der Waals surface area (Å²) in [4.78, 5) is 35.9. The predicted octanol–water partition coefficient (Wildman–Crippen LogP) is -1.76. The summed E-state index contributed by atoms with van der Waals surface area (Å²) < 4.78 is 5.16. The van der Waals surface area contributed by atoms with E-state index in [2.05, 4.69) is 10.6 Å². The van der Waals surface area contributed by atoms with E-state index in [-0.39, 0.29) is 24.3 Å². The van der Waals surface area contributed by atoms with Crippen LogP contribution in [0.15, 0.2) is 0 Å². The number of amides is 3. The Balaban J connectivity index is 1.75. The first-order chi connectivity index (χ1) is 8.66. The molecule has 0 aromatic heterocycles. The van der Waals surface area contributed by atoms with Crippen LogP contribution in [0.3, 0.4) is 0 Å². The van der Waals surface area contributed by atoms with Gasteiger partial charge in [-0.15, -0.1) is 0 Å². The van der Waals surface area contributed by atoms with Crippen LogP contribution in [0.1, 0.15) is 12.8 Å². The van der Waals surface area contributed by atoms with Crippen LogP contribution in [0.4, 0.5) is 0 Å². The Labute approximate surface area is 105 Å². The molecular weight excluding hydrogens is 238 g/mol. The molecule has 2 heterocycles. The molecule has 100 valence electrons. The summed E-state index contributed by atoms with van der Waals surface area (Å²) in [6.45, 7) is 2.42. The Morgan fingerprint density at radius 1 is 1.39 bits per heavy atom. The highest BCUT2D eigenvalue weighted by Gasteiger charge is 2.27. The van der Waals surface area contributed by atoms with Gasteiger partial charge in [0.25, 0.3) is 0 Å². The van der Waals surface area contributed by atoms with E-state index in [0.717, 1.165) is 0 Å². The molecule has 0 spiro atoms. The van der Waals surface area contributed by atoms with E-state index in [1.807, 2.05) is 0 Å². The lowest BCUT2D eigenvalue weighted by molar-refractivity contribution is -0.136. The van der Waals surface area contributed by atoms with E-state index in [4.69, 9.17) is 4.74 Å². The van der Waals surface area contributed by atoms with E-state index >= 15 is 0 Å². The van der Waals surface area contributed by atoms with Gasteiger partial charge in [0.1, 0.15) is 0 Å². The fourth-order valence-corrected chi connectivity index (χ4v) is 2.02. The molecule has 0 aromatic rings. The minimum atomic E-state index is -0.451. The molecule has 0 bridgehead atoms. The molecule has 3 amide bonds. The molecule has 0 aliphatic carbocycles. The minimum absolute atomic E-state index is 0.0389. The number of carbonyl (C=O) groups excluding carboxylic acids is 3. The fraction of sp³-hybridized carbons (Fsp3) is 0.727. The molecular formula is C11H17N3O4. The zero-order valence-electron chi connectivity index (χ0n) is 10.1. The second kappa shape index (κ2) is 5.92. The first-order valence-corrected chi connectivity index (χ1v) is 6.09. The molecule has 2 fully saturated rings. The highest BCUT2D eigenvalue weighted by Crippen LogP contribution is 2.04. The summed E-state index contributed by atoms with van der Waals surface area (Å²) in [5.41, 5.74) is 0. The number of hydrogen-bond acceptors (Lipinski definition) is 5. The normalized spacial score (nSPS) is 24.9. The van der Waals surface area contributed by atoms with Gasteiger partial charge < -0.3 is 9.64 Å². The largest absolute Gasteiger partial charge is 0.378 e. The van der Waals surface area contributed by atoms with Crippen molar-refractivity contribution < 1.29 is 19.1 Å². The second-order valence-corrected chi connectivity index (χ2v) is 4.38. The number of nitrogens with zero attached hydrogens (tertiary/aromatic N) is 1. The maximum absolute atomic E-state index is 11.8. The summed E-state index contributed by atoms with van der Waals surface area (Å²) in [5, 5.41) is 5.14. The summed E-state index contributed by atoms with van der Waals surface area (Å²) in [6, 6.07) is -0.451. The smallest absolute Gasteiger partial charge is 0.243 e. The SMILES string of the molecule is O=C1CCC(NCC(=O)N2CCOCC2)C(=O)N1. The van der Waals surface area contributed by atoms with Gasteiger partial charge in [0.15, 0.2) is 0 Å². The van der Waals surface area contributed by atoms with Crippen LogP contribution in [-0.4, -0.2) is 61.5 Å². The molecule has 7 heteroatoms. The zero-order chi connectivity index (χ0) is 13.0. The minimum Gasteiger partial charge on any atom is -0.378 e. The molecule has 2 aliphatic heterocycles. The summed E-state index contributed by atoms with van der Waals surface area (Å²) in [5.74, 6) is -0.637. The Morgan fingerprint density at radius 2 is 2.11 bits per heavy atom. The molecule has 1 atom stereocenters. The predicted molar refractivity (Wildman–Crippen MR) is 61.6 cm³/mol. The Morgan fingerprint density at radius 3 is 2.78 bits per heavy atom. The summed E-state index contributed by atoms with van der Waals surface area (Å²) in [7, 11) is 0. The van der Waals surface area contributed by atoms with Crippen molar-refractivity contribution in [2.75, 3.05) is 32.8 Å². The third-order valence-electron chi connectivity index (χ3n) is 3.10. The third-order valence-corrected chi connectivity index (χ3v) is 3.10. The molecule has 2 N–H and O–H groups in total. The van der Waals surface area contributed by atoms with Crippen LogP contribution >= 0.6 is 0 Å². The number of imide groups is 1. The van der Waals surface area contributed by atoms with Crippen LogP contribution in [0, 0.1) is 0 Å². The van der Waals surface area contributed by atoms with Crippen molar-refractivity contribution in [1.82, 2.24) is 15.5 Å². The third kappa shape index (κ3) is 3.27. The first kappa shape index (κ1) is 13.0. The van der Waals surface area contributed by atoms with Gasteiger partial charge in [0.05, 0.1) is 25.8 Å². The van der Waals surface area contributed by atoms with Crippen LogP contribution < -0.4 is 10.6 Å². The van der Waals surface area contributed by atoms with E-state index in [1.54, 1.807) is 4.90 Å². The van der Waals surface area contributed by atoms with Crippen LogP contribution in [0.25, 0.3) is 0 Å². The van der Waals surface area contributed by atoms with Crippen molar-refractivity contribution in [2.45, 2.75) is 18.9 Å². The Bertz CT molecular complexity index is 352. The van der Waals surface area contributed by atoms with Gasteiger partial charge in [-0.05, 0) is 6.42 Å². The van der Waals surface area contributed by atoms with Gasteiger partial charge in [-0.25, -0.2) is 0 Å². The average molecular weight is 255 g/mol. The highest BCUT2D eigenvalue weighted by atomic mass is 16.5. The number of morpholine rings is 1. The quantitative estimate of drug-likeness (QED) is 0.583. The fourth-order valence-electron chi connectivity index (χ4n) is 2.02. The maximum atomic E-state index is 11.8. The number of hydrogen-bond donors (Lipinski definition) is 2. The topological polar surface area (TPSA) is 87.7 Å². The van der Waals surface area contributed by atoms with Gasteiger partial charge >= 0.3 is 0 Å². The molecule has 0 aromatic carbocycles. The van der Waals surface area contributed by atoms with Crippen LogP contribution in [0.2, 0.25) is 0 Å². The van der Waals surface area contributed by atoms with E-state index < -0.39 is 6.04 Å². The van der Waals surface area contributed by atoms with Gasteiger partial charge in [-0.3, -0.25) is 25.0 Å². The molecule has 18 heavy (non-hydrogen) atoms. The van der Waals surface area contributed by atoms with Crippen LogP contribution in [-0.2, 0) is 19.1 Å². The van der Waals surface area contributed by atoms with Crippen molar-refractivity contribution in [1.29, 1.82) is 0 Å². The molecule has 2 aliphatic rings. The van der Waals surface area contributed by atoms with Crippen LogP contribution in [0.5, 0.6) is 0 Å². The van der Waals surface area contributed by atoms with Crippen molar-refractivity contribution >= 4 is 17.7 Å². The van der Waals surface area contributed by atoms with Crippen molar-refractivity contribution in [2.24, 2.45) is 0 Å². The lowest BCUT2D eigenvalue weighted by Crippen LogP contribution is -2.53. The standard InChI is InChI=1S/C11H17N3O4/c15-9-2-1-8(11(17)13-9)12-7-10(16)14-3-5-18-6-4-14/h8,12H,1-7H2,(H,13,15,17). The van der Waals surface area contributed by atoms with Gasteiger partial charge in [0, 0.05) is 19.5 Å². The van der Waals surface area contributed by atoms with Gasteiger partial charge in [0.2, 0.25) is 17.7 Å². The lowest BCUT2D eigenvalue weighted by atomic mass is 10.1. The average Bonchev–Trinajstić information content (AvgIpc) is 2.38. The summed E-state index contributed by atoms with van der Waals surface area (Å²) in [6.07, 6.45) is 0.760. The number of piperidine rings is 1. The number of ether oxygens (including phenoxy) is 1. The van der Waals surface area contributed by atoms with Crippen molar-refractivity contribution in [3.05, 3.63) is 0 Å². The van der Waals surface area contributed by atoms with Gasteiger partial charge in [-0.2, -0.15) is 0 Å². The second-order valence-electron chi connectivity index (χ2n) is 4.38. The number of nitrogens with one attached hydrogen (secondary N) is 2.